The fraction of sp³-hybridized carbons (Fsp3) is 0. The lowest BCUT2D eigenvalue weighted by Gasteiger charge is -2.06. The maximum absolute atomic E-state index is 12.1. The van der Waals surface area contributed by atoms with E-state index >= 15 is 0 Å². The number of hydrogen-bond donors (Lipinski definition) is 1. The number of rotatable bonds is 2. The Kier molecular flexibility index (Phi) is 3.43. The first kappa shape index (κ1) is 12.7. The summed E-state index contributed by atoms with van der Waals surface area (Å²) in [6, 6.07) is 12.8. The predicted octanol–water partition coefficient (Wildman–Crippen LogP) is 3.64. The Morgan fingerprint density at radius 1 is 1.05 bits per heavy atom. The van der Waals surface area contributed by atoms with Gasteiger partial charge in [-0.05, 0) is 52.3 Å². The number of amides is 1. The van der Waals surface area contributed by atoms with Crippen molar-refractivity contribution in [2.45, 2.75) is 0 Å². The van der Waals surface area contributed by atoms with E-state index in [0.717, 1.165) is 16.6 Å². The van der Waals surface area contributed by atoms with Crippen molar-refractivity contribution in [1.29, 1.82) is 0 Å². The van der Waals surface area contributed by atoms with Gasteiger partial charge in [0.05, 0.1) is 5.52 Å². The van der Waals surface area contributed by atoms with Crippen LogP contribution in [0.2, 0.25) is 0 Å². The van der Waals surface area contributed by atoms with Crippen LogP contribution >= 0.6 is 15.9 Å². The van der Waals surface area contributed by atoms with Crippen LogP contribution in [0.15, 0.2) is 59.5 Å². The summed E-state index contributed by atoms with van der Waals surface area (Å²) in [4.78, 5) is 20.4. The van der Waals surface area contributed by atoms with E-state index in [1.165, 1.54) is 0 Å². The molecule has 3 rings (SSSR count). The number of hydrogen-bond acceptors (Lipinski definition) is 3. The predicted molar refractivity (Wildman–Crippen MR) is 81.6 cm³/mol. The van der Waals surface area contributed by atoms with Crippen LogP contribution in [0.4, 0.5) is 5.69 Å². The summed E-state index contributed by atoms with van der Waals surface area (Å²) < 4.78 is 0.632. The number of carbonyl (C=O) groups is 1. The van der Waals surface area contributed by atoms with Crippen LogP contribution in [-0.2, 0) is 0 Å². The summed E-state index contributed by atoms with van der Waals surface area (Å²) in [5.41, 5.74) is 2.19. The van der Waals surface area contributed by atoms with Gasteiger partial charge in [0.25, 0.3) is 5.91 Å². The molecule has 4 nitrogen and oxygen atoms in total. The Bertz CT molecular complexity index is 789. The second kappa shape index (κ2) is 5.38. The molecule has 0 radical (unpaired) electrons. The lowest BCUT2D eigenvalue weighted by atomic mass is 10.2. The highest BCUT2D eigenvalue weighted by molar-refractivity contribution is 9.10. The summed E-state index contributed by atoms with van der Waals surface area (Å²) in [6.45, 7) is 0. The first-order valence-electron chi connectivity index (χ1n) is 6.00. The summed E-state index contributed by atoms with van der Waals surface area (Å²) in [5.74, 6) is -0.170. The third-order valence-corrected chi connectivity index (χ3v) is 3.28. The highest BCUT2D eigenvalue weighted by Crippen LogP contribution is 2.18. The second-order valence-corrected chi connectivity index (χ2v) is 5.04. The zero-order chi connectivity index (χ0) is 13.9. The molecule has 1 N–H and O–H groups in total. The van der Waals surface area contributed by atoms with Crippen LogP contribution in [-0.4, -0.2) is 15.9 Å². The molecule has 98 valence electrons. The molecule has 0 bridgehead atoms. The Labute approximate surface area is 124 Å². The number of nitrogens with one attached hydrogen (secondary N) is 1. The van der Waals surface area contributed by atoms with Crippen molar-refractivity contribution in [2.24, 2.45) is 0 Å². The Morgan fingerprint density at radius 2 is 1.95 bits per heavy atom. The maximum atomic E-state index is 12.1. The van der Waals surface area contributed by atoms with Crippen molar-refractivity contribution < 1.29 is 4.79 Å². The molecule has 0 fully saturated rings. The second-order valence-electron chi connectivity index (χ2n) is 4.23. The highest BCUT2D eigenvalue weighted by Gasteiger charge is 2.07. The number of nitrogens with zero attached hydrogens (tertiary/aromatic N) is 2. The molecule has 0 spiro atoms. The SMILES string of the molecule is O=C(Nc1ccc2ncccc2c1)c1ccnc(Br)c1. The van der Waals surface area contributed by atoms with Crippen LogP contribution in [0, 0.1) is 0 Å². The number of anilines is 1. The van der Waals surface area contributed by atoms with Gasteiger partial charge in [-0.2, -0.15) is 0 Å². The van der Waals surface area contributed by atoms with Crippen LogP contribution < -0.4 is 5.32 Å². The third-order valence-electron chi connectivity index (χ3n) is 2.85. The van der Waals surface area contributed by atoms with Crippen molar-refractivity contribution in [3.63, 3.8) is 0 Å². The molecule has 0 atom stereocenters. The van der Waals surface area contributed by atoms with Crippen LogP contribution in [0.1, 0.15) is 10.4 Å². The van der Waals surface area contributed by atoms with Gasteiger partial charge < -0.3 is 5.32 Å². The van der Waals surface area contributed by atoms with E-state index in [1.807, 2.05) is 30.3 Å². The zero-order valence-corrected chi connectivity index (χ0v) is 12.0. The molecule has 1 amide bonds. The van der Waals surface area contributed by atoms with Gasteiger partial charge in [-0.1, -0.05) is 6.07 Å². The number of fused-ring (bicyclic) bond motifs is 1. The average molecular weight is 328 g/mol. The van der Waals surface area contributed by atoms with Gasteiger partial charge in [0.2, 0.25) is 0 Å². The molecule has 0 saturated carbocycles. The van der Waals surface area contributed by atoms with E-state index in [2.05, 4.69) is 31.2 Å². The van der Waals surface area contributed by atoms with Gasteiger partial charge in [-0.15, -0.1) is 0 Å². The van der Waals surface area contributed by atoms with Crippen LogP contribution in [0.25, 0.3) is 10.9 Å². The maximum Gasteiger partial charge on any atom is 0.255 e. The number of benzene rings is 1. The third kappa shape index (κ3) is 2.67. The summed E-state index contributed by atoms with van der Waals surface area (Å²) in [6.07, 6.45) is 3.33. The molecule has 0 aliphatic heterocycles. The highest BCUT2D eigenvalue weighted by atomic mass is 79.9. The topological polar surface area (TPSA) is 54.9 Å². The molecule has 0 unspecified atom stereocenters. The molecule has 0 aliphatic rings. The van der Waals surface area contributed by atoms with Crippen molar-refractivity contribution in [3.05, 3.63) is 65.0 Å². The molecule has 2 heterocycles. The van der Waals surface area contributed by atoms with Crippen molar-refractivity contribution in [1.82, 2.24) is 9.97 Å². The van der Waals surface area contributed by atoms with Crippen molar-refractivity contribution >= 4 is 38.4 Å². The Morgan fingerprint density at radius 3 is 2.80 bits per heavy atom. The lowest BCUT2D eigenvalue weighted by Crippen LogP contribution is -2.11. The van der Waals surface area contributed by atoms with E-state index in [4.69, 9.17) is 0 Å². The Balaban J connectivity index is 1.87. The van der Waals surface area contributed by atoms with Gasteiger partial charge in [0.1, 0.15) is 4.60 Å². The molecular formula is C15H10BrN3O. The van der Waals surface area contributed by atoms with E-state index in [0.29, 0.717) is 10.2 Å². The van der Waals surface area contributed by atoms with Gasteiger partial charge in [0.15, 0.2) is 0 Å². The van der Waals surface area contributed by atoms with Gasteiger partial charge in [0, 0.05) is 29.0 Å². The smallest absolute Gasteiger partial charge is 0.255 e. The fourth-order valence-corrected chi connectivity index (χ4v) is 2.27. The molecule has 0 aliphatic carbocycles. The summed E-state index contributed by atoms with van der Waals surface area (Å²) in [5, 5.41) is 3.85. The monoisotopic (exact) mass is 327 g/mol. The average Bonchev–Trinajstić information content (AvgIpc) is 2.47. The zero-order valence-electron chi connectivity index (χ0n) is 10.4. The largest absolute Gasteiger partial charge is 0.322 e. The van der Waals surface area contributed by atoms with E-state index in [-0.39, 0.29) is 5.91 Å². The van der Waals surface area contributed by atoms with Crippen molar-refractivity contribution in [2.75, 3.05) is 5.32 Å². The van der Waals surface area contributed by atoms with Crippen LogP contribution in [0.5, 0.6) is 0 Å². The van der Waals surface area contributed by atoms with Crippen LogP contribution in [0.3, 0.4) is 0 Å². The normalized spacial score (nSPS) is 10.4. The van der Waals surface area contributed by atoms with E-state index < -0.39 is 0 Å². The minimum absolute atomic E-state index is 0.170. The first-order valence-corrected chi connectivity index (χ1v) is 6.79. The fourth-order valence-electron chi connectivity index (χ4n) is 1.90. The molecule has 20 heavy (non-hydrogen) atoms. The molecule has 1 aromatic carbocycles. The van der Waals surface area contributed by atoms with Gasteiger partial charge in [-0.3, -0.25) is 9.78 Å². The molecule has 0 saturated heterocycles. The minimum Gasteiger partial charge on any atom is -0.322 e. The molecule has 3 aromatic rings. The molecule has 5 heteroatoms. The molecular weight excluding hydrogens is 318 g/mol. The Hall–Kier alpha value is -2.27. The minimum atomic E-state index is -0.170. The van der Waals surface area contributed by atoms with Crippen molar-refractivity contribution in [3.8, 4) is 0 Å². The number of halogens is 1. The summed E-state index contributed by atoms with van der Waals surface area (Å²) >= 11 is 3.25. The quantitative estimate of drug-likeness (QED) is 0.731. The standard InChI is InChI=1S/C15H10BrN3O/c16-14-9-11(5-7-18-14)15(20)19-12-3-4-13-10(8-12)2-1-6-17-13/h1-9H,(H,19,20). The summed E-state index contributed by atoms with van der Waals surface area (Å²) in [7, 11) is 0. The number of pyridine rings is 2. The lowest BCUT2D eigenvalue weighted by molar-refractivity contribution is 0.102. The van der Waals surface area contributed by atoms with Gasteiger partial charge in [-0.25, -0.2) is 4.98 Å². The number of carbonyl (C=O) groups excluding carboxylic acids is 1. The number of aromatic nitrogens is 2. The van der Waals surface area contributed by atoms with E-state index in [9.17, 15) is 4.79 Å². The van der Waals surface area contributed by atoms with Gasteiger partial charge >= 0.3 is 0 Å². The molecule has 2 aromatic heterocycles. The van der Waals surface area contributed by atoms with E-state index in [1.54, 1.807) is 24.5 Å². The first-order chi connectivity index (χ1) is 9.72.